The van der Waals surface area contributed by atoms with Crippen molar-refractivity contribution < 1.29 is 13.6 Å². The Morgan fingerprint density at radius 3 is 2.59 bits per heavy atom. The lowest BCUT2D eigenvalue weighted by molar-refractivity contribution is -0.130. The normalized spacial score (nSPS) is 11.6. The SMILES string of the molecule is CC(c1cc(F)ccc1F)N(C)C(=O)CN.Cl. The van der Waals surface area contributed by atoms with Crippen LogP contribution < -0.4 is 5.73 Å². The average molecular weight is 265 g/mol. The maximum Gasteiger partial charge on any atom is 0.236 e. The first-order chi connectivity index (χ1) is 7.47. The Labute approximate surface area is 105 Å². The van der Waals surface area contributed by atoms with E-state index in [0.29, 0.717) is 0 Å². The summed E-state index contributed by atoms with van der Waals surface area (Å²) in [6, 6.07) is 2.62. The molecule has 1 unspecified atom stereocenters. The van der Waals surface area contributed by atoms with Crippen molar-refractivity contribution >= 4 is 18.3 Å². The number of likely N-dealkylation sites (N-methyl/N-ethyl adjacent to an activating group) is 1. The van der Waals surface area contributed by atoms with Gasteiger partial charge in [-0.1, -0.05) is 0 Å². The fourth-order valence-corrected chi connectivity index (χ4v) is 1.40. The highest BCUT2D eigenvalue weighted by atomic mass is 35.5. The predicted molar refractivity (Wildman–Crippen MR) is 63.8 cm³/mol. The van der Waals surface area contributed by atoms with Crippen molar-refractivity contribution in [1.82, 2.24) is 4.90 Å². The highest BCUT2D eigenvalue weighted by Crippen LogP contribution is 2.22. The summed E-state index contributed by atoms with van der Waals surface area (Å²) in [6.07, 6.45) is 0. The molecule has 1 rings (SSSR count). The summed E-state index contributed by atoms with van der Waals surface area (Å²) >= 11 is 0. The molecule has 1 amide bonds. The van der Waals surface area contributed by atoms with Gasteiger partial charge in [-0.25, -0.2) is 8.78 Å². The van der Waals surface area contributed by atoms with E-state index < -0.39 is 17.7 Å². The maximum absolute atomic E-state index is 13.4. The molecule has 0 radical (unpaired) electrons. The van der Waals surface area contributed by atoms with Gasteiger partial charge < -0.3 is 10.6 Å². The molecule has 1 atom stereocenters. The molecule has 2 N–H and O–H groups in total. The van der Waals surface area contributed by atoms with Crippen molar-refractivity contribution in [2.45, 2.75) is 13.0 Å². The Hall–Kier alpha value is -1.20. The van der Waals surface area contributed by atoms with Gasteiger partial charge >= 0.3 is 0 Å². The third-order valence-electron chi connectivity index (χ3n) is 2.56. The summed E-state index contributed by atoms with van der Waals surface area (Å²) in [7, 11) is 1.50. The second kappa shape index (κ2) is 6.51. The number of hydrogen-bond acceptors (Lipinski definition) is 2. The Morgan fingerprint density at radius 1 is 1.47 bits per heavy atom. The first-order valence-corrected chi connectivity index (χ1v) is 4.88. The summed E-state index contributed by atoms with van der Waals surface area (Å²) in [5.41, 5.74) is 5.34. The minimum Gasteiger partial charge on any atom is -0.338 e. The monoisotopic (exact) mass is 264 g/mol. The average Bonchev–Trinajstić information content (AvgIpc) is 2.29. The lowest BCUT2D eigenvalue weighted by Crippen LogP contribution is -2.35. The molecule has 0 fully saturated rings. The van der Waals surface area contributed by atoms with E-state index >= 15 is 0 Å². The van der Waals surface area contributed by atoms with Gasteiger partial charge in [0.1, 0.15) is 11.6 Å². The van der Waals surface area contributed by atoms with Crippen molar-refractivity contribution in [3.63, 3.8) is 0 Å². The van der Waals surface area contributed by atoms with Crippen molar-refractivity contribution in [2.24, 2.45) is 5.73 Å². The highest BCUT2D eigenvalue weighted by Gasteiger charge is 2.19. The number of rotatable bonds is 3. The fraction of sp³-hybridized carbons (Fsp3) is 0.364. The quantitative estimate of drug-likeness (QED) is 0.906. The molecule has 6 heteroatoms. The minimum atomic E-state index is -0.549. The van der Waals surface area contributed by atoms with E-state index in [0.717, 1.165) is 18.2 Å². The van der Waals surface area contributed by atoms with Crippen molar-refractivity contribution in [2.75, 3.05) is 13.6 Å². The largest absolute Gasteiger partial charge is 0.338 e. The molecular formula is C11H15ClF2N2O. The van der Waals surface area contributed by atoms with Crippen LogP contribution in [0.3, 0.4) is 0 Å². The van der Waals surface area contributed by atoms with Crippen LogP contribution in [0.1, 0.15) is 18.5 Å². The molecule has 3 nitrogen and oxygen atoms in total. The second-order valence-corrected chi connectivity index (χ2v) is 3.55. The third-order valence-corrected chi connectivity index (χ3v) is 2.56. The summed E-state index contributed by atoms with van der Waals surface area (Å²) in [6.45, 7) is 1.46. The molecule has 17 heavy (non-hydrogen) atoms. The van der Waals surface area contributed by atoms with Gasteiger partial charge in [-0.3, -0.25) is 4.79 Å². The molecule has 1 aromatic carbocycles. The number of nitrogens with zero attached hydrogens (tertiary/aromatic N) is 1. The van der Waals surface area contributed by atoms with Crippen LogP contribution in [0.25, 0.3) is 0 Å². The fourth-order valence-electron chi connectivity index (χ4n) is 1.40. The van der Waals surface area contributed by atoms with E-state index in [-0.39, 0.29) is 30.4 Å². The van der Waals surface area contributed by atoms with E-state index in [1.807, 2.05) is 0 Å². The van der Waals surface area contributed by atoms with Crippen LogP contribution in [0.4, 0.5) is 8.78 Å². The van der Waals surface area contributed by atoms with E-state index in [2.05, 4.69) is 0 Å². The van der Waals surface area contributed by atoms with Crippen LogP contribution in [0.15, 0.2) is 18.2 Å². The number of carbonyl (C=O) groups excluding carboxylic acids is 1. The third kappa shape index (κ3) is 3.64. The number of benzene rings is 1. The molecule has 0 heterocycles. The van der Waals surface area contributed by atoms with Crippen LogP contribution in [0.2, 0.25) is 0 Å². The zero-order chi connectivity index (χ0) is 12.3. The van der Waals surface area contributed by atoms with Crippen LogP contribution >= 0.6 is 12.4 Å². The predicted octanol–water partition coefficient (Wildman–Crippen LogP) is 1.86. The summed E-state index contributed by atoms with van der Waals surface area (Å²) in [5.74, 6) is -1.39. The van der Waals surface area contributed by atoms with Gasteiger partial charge in [-0.15, -0.1) is 12.4 Å². The number of amides is 1. The Morgan fingerprint density at radius 2 is 2.06 bits per heavy atom. The lowest BCUT2D eigenvalue weighted by Gasteiger charge is -2.25. The van der Waals surface area contributed by atoms with Gasteiger partial charge in [-0.05, 0) is 25.1 Å². The Balaban J connectivity index is 0.00000256. The number of hydrogen-bond donors (Lipinski definition) is 1. The maximum atomic E-state index is 13.4. The second-order valence-electron chi connectivity index (χ2n) is 3.55. The molecule has 0 aliphatic rings. The summed E-state index contributed by atoms with van der Waals surface area (Å²) in [4.78, 5) is 12.6. The van der Waals surface area contributed by atoms with Gasteiger partial charge in [0.15, 0.2) is 0 Å². The molecule has 0 spiro atoms. The van der Waals surface area contributed by atoms with Crippen LogP contribution in [-0.4, -0.2) is 24.4 Å². The van der Waals surface area contributed by atoms with Gasteiger partial charge in [0, 0.05) is 12.6 Å². The summed E-state index contributed by atoms with van der Waals surface area (Å²) in [5, 5.41) is 0. The molecule has 0 saturated carbocycles. The molecular weight excluding hydrogens is 250 g/mol. The first kappa shape index (κ1) is 15.8. The van der Waals surface area contributed by atoms with E-state index in [1.54, 1.807) is 6.92 Å². The number of nitrogens with two attached hydrogens (primary N) is 1. The zero-order valence-corrected chi connectivity index (χ0v) is 10.4. The van der Waals surface area contributed by atoms with E-state index in [1.165, 1.54) is 11.9 Å². The smallest absolute Gasteiger partial charge is 0.236 e. The molecule has 96 valence electrons. The lowest BCUT2D eigenvalue weighted by atomic mass is 10.1. The van der Waals surface area contributed by atoms with Crippen LogP contribution in [0.5, 0.6) is 0 Å². The van der Waals surface area contributed by atoms with E-state index in [4.69, 9.17) is 5.73 Å². The minimum absolute atomic E-state index is 0. The molecule has 1 aromatic rings. The highest BCUT2D eigenvalue weighted by molar-refractivity contribution is 5.85. The van der Waals surface area contributed by atoms with Crippen molar-refractivity contribution in [3.05, 3.63) is 35.4 Å². The van der Waals surface area contributed by atoms with E-state index in [9.17, 15) is 13.6 Å². The van der Waals surface area contributed by atoms with Crippen LogP contribution in [0, 0.1) is 11.6 Å². The zero-order valence-electron chi connectivity index (χ0n) is 9.61. The van der Waals surface area contributed by atoms with Gasteiger partial charge in [-0.2, -0.15) is 0 Å². The van der Waals surface area contributed by atoms with Gasteiger partial charge in [0.2, 0.25) is 5.91 Å². The van der Waals surface area contributed by atoms with Crippen molar-refractivity contribution in [3.8, 4) is 0 Å². The number of carbonyl (C=O) groups is 1. The topological polar surface area (TPSA) is 46.3 Å². The van der Waals surface area contributed by atoms with Crippen molar-refractivity contribution in [1.29, 1.82) is 0 Å². The van der Waals surface area contributed by atoms with Gasteiger partial charge in [0.25, 0.3) is 0 Å². The standard InChI is InChI=1S/C11H14F2N2O.ClH/c1-7(15(2)11(16)6-14)9-5-8(12)3-4-10(9)13;/h3-5,7H,6,14H2,1-2H3;1H. The molecule has 0 aliphatic carbocycles. The van der Waals surface area contributed by atoms with Gasteiger partial charge in [0.05, 0.1) is 12.6 Å². The Kier molecular flexibility index (Phi) is 6.05. The molecule has 0 aromatic heterocycles. The molecule has 0 saturated heterocycles. The first-order valence-electron chi connectivity index (χ1n) is 4.88. The number of halogens is 3. The Bertz CT molecular complexity index is 401. The van der Waals surface area contributed by atoms with Crippen LogP contribution in [-0.2, 0) is 4.79 Å². The molecule has 0 bridgehead atoms. The summed E-state index contributed by atoms with van der Waals surface area (Å²) < 4.78 is 26.4. The molecule has 0 aliphatic heterocycles.